The molecule has 0 amide bonds. The number of carbonyl (C=O) groups excluding carboxylic acids is 1. The first-order chi connectivity index (χ1) is 10.1. The van der Waals surface area contributed by atoms with Gasteiger partial charge in [0.15, 0.2) is 6.10 Å². The van der Waals surface area contributed by atoms with E-state index in [2.05, 4.69) is 6.58 Å². The quantitative estimate of drug-likeness (QED) is 0.304. The molecule has 0 radical (unpaired) electrons. The molecule has 0 spiro atoms. The van der Waals surface area contributed by atoms with Gasteiger partial charge in [-0.1, -0.05) is 19.1 Å². The number of aliphatic hydroxyl groups is 5. The normalized spacial score (nSPS) is 56.7. The molecule has 8 atom stereocenters. The number of carbonyl (C=O) groups is 1. The highest BCUT2D eigenvalue weighted by molar-refractivity contribution is 5.79. The molecular weight excluding hydrogens is 292 g/mol. The van der Waals surface area contributed by atoms with Gasteiger partial charge in [-0.15, -0.1) is 0 Å². The molecule has 3 rings (SSSR count). The van der Waals surface area contributed by atoms with E-state index in [0.29, 0.717) is 5.57 Å². The Kier molecular flexibility index (Phi) is 3.11. The van der Waals surface area contributed by atoms with Crippen molar-refractivity contribution in [3.63, 3.8) is 0 Å². The molecule has 0 bridgehead atoms. The first kappa shape index (κ1) is 15.9. The van der Waals surface area contributed by atoms with E-state index in [0.717, 1.165) is 0 Å². The van der Waals surface area contributed by atoms with Gasteiger partial charge in [-0.2, -0.15) is 0 Å². The van der Waals surface area contributed by atoms with Gasteiger partial charge in [-0.25, -0.2) is 0 Å². The molecule has 0 aromatic heterocycles. The van der Waals surface area contributed by atoms with E-state index in [1.807, 2.05) is 0 Å². The smallest absolute Gasteiger partial charge is 0.313 e. The highest BCUT2D eigenvalue weighted by Crippen LogP contribution is 2.66. The van der Waals surface area contributed by atoms with Crippen molar-refractivity contribution < 1.29 is 35.1 Å². The van der Waals surface area contributed by atoms with Crippen LogP contribution in [0.3, 0.4) is 0 Å². The van der Waals surface area contributed by atoms with Crippen LogP contribution in [0, 0.1) is 17.3 Å². The van der Waals surface area contributed by atoms with Crippen LogP contribution in [0.1, 0.15) is 20.3 Å². The molecule has 5 N–H and O–H groups in total. The fourth-order valence-electron chi connectivity index (χ4n) is 4.94. The van der Waals surface area contributed by atoms with Crippen LogP contribution in [0.25, 0.3) is 0 Å². The molecule has 1 aliphatic heterocycles. The topological polar surface area (TPSA) is 127 Å². The van der Waals surface area contributed by atoms with E-state index in [4.69, 9.17) is 4.74 Å². The molecule has 1 heterocycles. The predicted molar refractivity (Wildman–Crippen MR) is 73.4 cm³/mol. The molecule has 1 saturated heterocycles. The minimum absolute atomic E-state index is 0.0984. The van der Waals surface area contributed by atoms with Crippen molar-refractivity contribution in [2.24, 2.45) is 17.3 Å². The molecule has 7 heteroatoms. The molecule has 3 fully saturated rings. The number of rotatable bonds is 2. The summed E-state index contributed by atoms with van der Waals surface area (Å²) < 4.78 is 5.14. The minimum Gasteiger partial charge on any atom is -0.456 e. The Morgan fingerprint density at radius 3 is 2.50 bits per heavy atom. The summed E-state index contributed by atoms with van der Waals surface area (Å²) in [6.45, 7) is 6.05. The van der Waals surface area contributed by atoms with E-state index in [-0.39, 0.29) is 6.42 Å². The highest BCUT2D eigenvalue weighted by Gasteiger charge is 2.83. The van der Waals surface area contributed by atoms with Crippen molar-refractivity contribution in [3.8, 4) is 0 Å². The van der Waals surface area contributed by atoms with Crippen molar-refractivity contribution in [3.05, 3.63) is 12.2 Å². The van der Waals surface area contributed by atoms with Crippen LogP contribution in [0.15, 0.2) is 12.2 Å². The maximum Gasteiger partial charge on any atom is 0.313 e. The van der Waals surface area contributed by atoms with E-state index in [1.165, 1.54) is 6.92 Å². The molecule has 124 valence electrons. The zero-order valence-electron chi connectivity index (χ0n) is 12.6. The van der Waals surface area contributed by atoms with E-state index >= 15 is 0 Å². The Balaban J connectivity index is 2.23. The monoisotopic (exact) mass is 314 g/mol. The van der Waals surface area contributed by atoms with Crippen LogP contribution in [0.5, 0.6) is 0 Å². The van der Waals surface area contributed by atoms with Gasteiger partial charge in [0.2, 0.25) is 0 Å². The zero-order valence-corrected chi connectivity index (χ0v) is 12.6. The Hall–Kier alpha value is -0.990. The number of esters is 1. The maximum absolute atomic E-state index is 12.3. The summed E-state index contributed by atoms with van der Waals surface area (Å²) in [5.41, 5.74) is -4.95. The summed E-state index contributed by atoms with van der Waals surface area (Å²) in [5.74, 6) is -2.60. The molecule has 0 unspecified atom stereocenters. The lowest BCUT2D eigenvalue weighted by molar-refractivity contribution is -0.229. The van der Waals surface area contributed by atoms with Gasteiger partial charge in [-0.3, -0.25) is 4.79 Å². The van der Waals surface area contributed by atoms with Crippen molar-refractivity contribution in [2.75, 3.05) is 6.61 Å². The number of hydrogen-bond acceptors (Lipinski definition) is 7. The maximum atomic E-state index is 12.3. The molecule has 0 aromatic carbocycles. The number of aliphatic hydroxyl groups excluding tert-OH is 3. The lowest BCUT2D eigenvalue weighted by Gasteiger charge is -2.54. The first-order valence-electron chi connectivity index (χ1n) is 7.34. The average molecular weight is 314 g/mol. The summed E-state index contributed by atoms with van der Waals surface area (Å²) in [5, 5.41) is 52.5. The molecule has 0 aromatic rings. The summed E-state index contributed by atoms with van der Waals surface area (Å²) in [6.07, 6.45) is -4.14. The SMILES string of the molecule is C=C(C)[C@H]1[C@H]2C(=O)O[C@H]3[C@@H](O)[C@](O)(CO)[C@](C)(C[C@@H]1O)[C@]23O. The summed E-state index contributed by atoms with van der Waals surface area (Å²) in [7, 11) is 0. The van der Waals surface area contributed by atoms with Gasteiger partial charge in [0.05, 0.1) is 18.6 Å². The third kappa shape index (κ3) is 1.37. The molecule has 2 saturated carbocycles. The van der Waals surface area contributed by atoms with E-state index in [9.17, 15) is 30.3 Å². The largest absolute Gasteiger partial charge is 0.456 e. The van der Waals surface area contributed by atoms with Gasteiger partial charge < -0.3 is 30.3 Å². The second-order valence-corrected chi connectivity index (χ2v) is 7.16. The van der Waals surface area contributed by atoms with E-state index < -0.39 is 59.3 Å². The van der Waals surface area contributed by atoms with Crippen LogP contribution in [-0.2, 0) is 9.53 Å². The number of ether oxygens (including phenoxy) is 1. The third-order valence-corrected chi connectivity index (χ3v) is 6.22. The minimum atomic E-state index is -2.08. The lowest BCUT2D eigenvalue weighted by atomic mass is 9.52. The van der Waals surface area contributed by atoms with Gasteiger partial charge in [0.1, 0.15) is 17.3 Å². The molecule has 2 aliphatic carbocycles. The predicted octanol–water partition coefficient (Wildman–Crippen LogP) is -1.68. The Bertz CT molecular complexity index is 548. The van der Waals surface area contributed by atoms with Crippen molar-refractivity contribution >= 4 is 5.97 Å². The fraction of sp³-hybridized carbons (Fsp3) is 0.800. The van der Waals surface area contributed by atoms with Crippen LogP contribution in [0.4, 0.5) is 0 Å². The summed E-state index contributed by atoms with van der Waals surface area (Å²) >= 11 is 0. The van der Waals surface area contributed by atoms with Crippen molar-refractivity contribution in [1.82, 2.24) is 0 Å². The lowest BCUT2D eigenvalue weighted by Crippen LogP contribution is -2.67. The Morgan fingerprint density at radius 2 is 2.00 bits per heavy atom. The van der Waals surface area contributed by atoms with Gasteiger partial charge in [0, 0.05) is 11.3 Å². The van der Waals surface area contributed by atoms with Gasteiger partial charge >= 0.3 is 5.97 Å². The third-order valence-electron chi connectivity index (χ3n) is 6.22. The highest BCUT2D eigenvalue weighted by atomic mass is 16.6. The standard InChI is InChI=1S/C15H22O7/c1-6(2)8-7(17)4-13(3)14(20,5-16)10(18)11-15(13,21)9(8)12(19)22-11/h7-11,16-18,20-21H,1,4-5H2,2-3H3/t7-,8+,9-,10+,11-,13-,14+,15-/m0/s1. The second kappa shape index (κ2) is 4.30. The van der Waals surface area contributed by atoms with Crippen molar-refractivity contribution in [1.29, 1.82) is 0 Å². The fourth-order valence-corrected chi connectivity index (χ4v) is 4.94. The van der Waals surface area contributed by atoms with Gasteiger partial charge in [-0.05, 0) is 13.3 Å². The van der Waals surface area contributed by atoms with Gasteiger partial charge in [0.25, 0.3) is 0 Å². The zero-order chi connectivity index (χ0) is 16.7. The Morgan fingerprint density at radius 1 is 1.41 bits per heavy atom. The Labute approximate surface area is 127 Å². The molecular formula is C15H22O7. The first-order valence-corrected chi connectivity index (χ1v) is 7.34. The second-order valence-electron chi connectivity index (χ2n) is 7.16. The van der Waals surface area contributed by atoms with Crippen LogP contribution in [-0.4, -0.2) is 67.6 Å². The average Bonchev–Trinajstić information content (AvgIpc) is 2.76. The molecule has 7 nitrogen and oxygen atoms in total. The molecule has 3 aliphatic rings. The van der Waals surface area contributed by atoms with E-state index in [1.54, 1.807) is 6.92 Å². The number of hydrogen-bond donors (Lipinski definition) is 5. The van der Waals surface area contributed by atoms with Crippen molar-refractivity contribution in [2.45, 2.75) is 49.8 Å². The van der Waals surface area contributed by atoms with Crippen LogP contribution in [0.2, 0.25) is 0 Å². The van der Waals surface area contributed by atoms with Crippen LogP contribution < -0.4 is 0 Å². The van der Waals surface area contributed by atoms with Crippen LogP contribution >= 0.6 is 0 Å². The summed E-state index contributed by atoms with van der Waals surface area (Å²) in [4.78, 5) is 12.3. The summed E-state index contributed by atoms with van der Waals surface area (Å²) in [6, 6.07) is 0. The molecule has 22 heavy (non-hydrogen) atoms.